The molecule has 2 aromatic carbocycles. The Hall–Kier alpha value is -5.85. The van der Waals surface area contributed by atoms with Crippen LogP contribution in [0.3, 0.4) is 0 Å². The van der Waals surface area contributed by atoms with E-state index >= 15 is 0 Å². The molecule has 9 heterocycles. The summed E-state index contributed by atoms with van der Waals surface area (Å²) in [6.45, 7) is 58.9. The van der Waals surface area contributed by atoms with E-state index in [-0.39, 0.29) is 46.8 Å². The molecule has 140 heavy (non-hydrogen) atoms. The van der Waals surface area contributed by atoms with Crippen LogP contribution in [-0.4, -0.2) is 205 Å². The third-order valence-corrected chi connectivity index (χ3v) is 39.2. The molecule has 4 aliphatic rings. The monoisotopic (exact) mass is 2260 g/mol. The predicted octanol–water partition coefficient (Wildman–Crippen LogP) is 27.8. The highest BCUT2D eigenvalue weighted by molar-refractivity contribution is 14.2. The number of ether oxygens (including phenoxy) is 6. The zero-order chi connectivity index (χ0) is 100. The van der Waals surface area contributed by atoms with Crippen molar-refractivity contribution in [1.82, 2.24) is 53.8 Å². The number of nitrogens with zero attached hydrogens (tertiary/aromatic N) is 16. The largest absolute Gasteiger partial charge is 0.496 e. The summed E-state index contributed by atoms with van der Waals surface area (Å²) >= 11 is 3.30. The van der Waals surface area contributed by atoms with Gasteiger partial charge in [0.05, 0.1) is 56.7 Å². The first-order valence-corrected chi connectivity index (χ1v) is 78.3. The number of hydrogen-bond donors (Lipinski definition) is 0. The van der Waals surface area contributed by atoms with Crippen molar-refractivity contribution in [3.8, 4) is 39.0 Å². The smallest absolute Gasteiger partial charge is 0.399 e. The van der Waals surface area contributed by atoms with Gasteiger partial charge < -0.3 is 52.4 Å². The number of alkyl halides is 1. The first-order chi connectivity index (χ1) is 66.0. The molecule has 14 rings (SSSR count). The third-order valence-electron chi connectivity index (χ3n) is 26.1. The molecule has 24 nitrogen and oxygen atoms in total. The van der Waals surface area contributed by atoms with Crippen LogP contribution in [0.2, 0.25) is 154 Å². The van der Waals surface area contributed by atoms with E-state index in [2.05, 4.69) is 255 Å². The molecule has 0 bridgehead atoms. The first-order valence-electron chi connectivity index (χ1n) is 51.1. The lowest BCUT2D eigenvalue weighted by Crippen LogP contribution is -2.41. The second-order valence-electron chi connectivity index (χ2n) is 46.4. The lowest BCUT2D eigenvalue weighted by molar-refractivity contribution is 0.00578. The standard InChI is InChI=1S/C36H53N5O2Si2.C25H45IN4O2Si2.C25H46N4O2Si2.C17H20BNO2.C2H3IN2S.CH4/c1-44(2,3)21-19-42-27-40(28-43-20-22-45(4,5)6)35-24-32(23-29-13-9-7-10-14-29)39-36-33(26-38-41(35)36)31-17-18-34(37-25-31)30-15-11-8-12-16-30;1-33(2,3)14-12-31-19-29(20-32-13-15-34(4,5)6)24-17-22(16-21-10-8-7-9-11-21)28-25-23(26)18-27-30(24)25;1-32(2,3)16-14-30-20-28(21-31-15-17-33(4,5)6)25-19-23(18-22-10-8-7-9-11-22)27-24-12-13-26-29(24)25;1-16(2)17(3,4)21-18(20-16)14-10-11-15(19-12-14)13-8-6-5-7-9-13;1-3-5-6-2-4;/h8,11-12,15-18,24-26,29H,7,9-10,13-14,19-23,27-28H2,1-6H3;17-18,21H,7-16,19-20H2,1-6H3;12-13,19,22H,7-11,14-18,20-21H2,1-6H3;5-12H,1-4H3;1H3;1H4. The lowest BCUT2D eigenvalue weighted by Gasteiger charge is -2.32. The fraction of sp³-hybridized carbons (Fsp3) is 0.613. The van der Waals surface area contributed by atoms with E-state index in [1.165, 1.54) is 108 Å². The topological polar surface area (TPSA) is 236 Å². The minimum atomic E-state index is -1.20. The molecular formula is C106H171BI2N16O8SSi6. The number of halogens is 2. The quantitative estimate of drug-likeness (QED) is 0.00656. The van der Waals surface area contributed by atoms with Gasteiger partial charge in [0.15, 0.2) is 22.3 Å². The second-order valence-corrected chi connectivity index (χ2v) is 84.0. The third kappa shape index (κ3) is 40.8. The normalized spacial score (nSPS) is 15.7. The molecule has 1 aliphatic heterocycles. The highest BCUT2D eigenvalue weighted by Gasteiger charge is 2.52. The number of hydrogen-bond acceptors (Lipinski definition) is 22. The highest BCUT2D eigenvalue weighted by Crippen LogP contribution is 2.39. The molecule has 0 spiro atoms. The molecule has 0 atom stereocenters. The molecule has 0 unspecified atom stereocenters. The van der Waals surface area contributed by atoms with Crippen molar-refractivity contribution in [3.05, 3.63) is 161 Å². The van der Waals surface area contributed by atoms with Gasteiger partial charge in [-0.15, -0.1) is 0 Å². The fourth-order valence-electron chi connectivity index (χ4n) is 16.7. The van der Waals surface area contributed by atoms with Gasteiger partial charge in [-0.25, -0.2) is 15.0 Å². The summed E-state index contributed by atoms with van der Waals surface area (Å²) in [6, 6.07) is 44.3. The van der Waals surface area contributed by atoms with E-state index in [0.717, 1.165) is 202 Å². The van der Waals surface area contributed by atoms with Crippen LogP contribution in [0.1, 0.15) is 149 Å². The van der Waals surface area contributed by atoms with E-state index < -0.39 is 48.4 Å². The van der Waals surface area contributed by atoms with Gasteiger partial charge in [0, 0.05) is 196 Å². The maximum atomic E-state index is 7.83. The molecule has 0 N–H and O–H groups in total. The van der Waals surface area contributed by atoms with E-state index in [1.807, 2.05) is 109 Å². The summed E-state index contributed by atoms with van der Waals surface area (Å²) in [5, 5.41) is 23.8. The predicted molar refractivity (Wildman–Crippen MR) is 620 cm³/mol. The van der Waals surface area contributed by atoms with Crippen molar-refractivity contribution in [2.75, 3.05) is 99.7 Å². The van der Waals surface area contributed by atoms with Crippen LogP contribution in [0.4, 0.5) is 17.5 Å². The van der Waals surface area contributed by atoms with Crippen molar-refractivity contribution < 1.29 is 37.7 Å². The molecule has 3 saturated carbocycles. The molecule has 8 aromatic heterocycles. The zero-order valence-electron chi connectivity index (χ0n) is 88.6. The Labute approximate surface area is 876 Å². The SMILES string of the molecule is C.CC1(C)OB(c2ccc(-c3ccccc3)nc2)OC1(C)C.CI=NSC#N.C[Si](C)(C)CCOCN(COCC[Si](C)(C)C)c1cc(CC2CCCCC2)nc2c(-c3ccc(-c4ccccc4)nc3)cnn12.C[Si](C)(C)CCOCN(COCC[Si](C)(C)C)c1cc(CC2CCCCC2)nc2c(I)cnn12.C[Si](C)(C)CCOCN(COCC[Si](C)(C)C)c1cc(CC2CCCCC2)nc2ccnn12. The first kappa shape index (κ1) is 118. The fourth-order valence-corrected chi connectivity index (χ4v) is 22.6. The molecule has 770 valence electrons. The molecular weight excluding hydrogens is 2090 g/mol. The van der Waals surface area contributed by atoms with E-state index in [9.17, 15) is 0 Å². The van der Waals surface area contributed by atoms with Gasteiger partial charge in [-0.3, -0.25) is 9.97 Å². The Morgan fingerprint density at radius 3 is 1.13 bits per heavy atom. The van der Waals surface area contributed by atoms with Crippen molar-refractivity contribution in [3.63, 3.8) is 0 Å². The Morgan fingerprint density at radius 1 is 0.436 bits per heavy atom. The molecule has 10 aromatic rings. The average Bonchev–Trinajstić information content (AvgIpc) is 1.81. The van der Waals surface area contributed by atoms with Gasteiger partial charge in [-0.2, -0.15) is 36.7 Å². The maximum absolute atomic E-state index is 7.83. The van der Waals surface area contributed by atoms with Crippen molar-refractivity contribution >= 4 is 151 Å². The number of rotatable bonds is 44. The van der Waals surface area contributed by atoms with E-state index in [4.69, 9.17) is 68.0 Å². The van der Waals surface area contributed by atoms with Crippen LogP contribution in [0.25, 0.3) is 50.6 Å². The number of pyridine rings is 2. The van der Waals surface area contributed by atoms with Gasteiger partial charge in [0.2, 0.25) is 0 Å². The molecule has 0 amide bonds. The minimum absolute atomic E-state index is 0. The maximum Gasteiger partial charge on any atom is 0.496 e. The van der Waals surface area contributed by atoms with Crippen molar-refractivity contribution in [1.29, 1.82) is 5.26 Å². The highest BCUT2D eigenvalue weighted by atomic mass is 127. The van der Waals surface area contributed by atoms with Crippen LogP contribution in [0.15, 0.2) is 143 Å². The minimum Gasteiger partial charge on any atom is -0.399 e. The Morgan fingerprint density at radius 2 is 0.786 bits per heavy atom. The molecule has 4 fully saturated rings. The summed E-state index contributed by atoms with van der Waals surface area (Å²) in [5.74, 6) is 5.20. The van der Waals surface area contributed by atoms with Crippen LogP contribution < -0.4 is 20.2 Å². The lowest BCUT2D eigenvalue weighted by atomic mass is 9.80. The second kappa shape index (κ2) is 56.9. The zero-order valence-corrected chi connectivity index (χ0v) is 99.8. The molecule has 34 heteroatoms. The van der Waals surface area contributed by atoms with Gasteiger partial charge >= 0.3 is 7.12 Å². The van der Waals surface area contributed by atoms with Crippen molar-refractivity contribution in [2.24, 2.45) is 20.3 Å². The number of aromatic nitrogens is 11. The summed E-state index contributed by atoms with van der Waals surface area (Å²) in [6.07, 6.45) is 32.6. The Bertz CT molecular complexity index is 5280. The van der Waals surface area contributed by atoms with Gasteiger partial charge in [-0.05, 0) is 136 Å². The number of anilines is 3. The number of fused-ring (bicyclic) bond motifs is 3. The number of benzene rings is 2. The van der Waals surface area contributed by atoms with Crippen LogP contribution in [-0.2, 0) is 57.0 Å². The summed E-state index contributed by atoms with van der Waals surface area (Å²) in [5.41, 5.74) is 12.6. The van der Waals surface area contributed by atoms with Gasteiger partial charge in [0.25, 0.3) is 0 Å². The van der Waals surface area contributed by atoms with E-state index in [1.54, 1.807) is 0 Å². The molecule has 3 aliphatic carbocycles. The number of nitriles is 1. The summed E-state index contributed by atoms with van der Waals surface area (Å²) < 4.78 is 60.2. The Balaban J connectivity index is 0.000000209. The van der Waals surface area contributed by atoms with Crippen LogP contribution in [0.5, 0.6) is 0 Å². The summed E-state index contributed by atoms with van der Waals surface area (Å²) in [4.78, 5) is 33.2. The molecule has 0 radical (unpaired) electrons. The van der Waals surface area contributed by atoms with Gasteiger partial charge in [0.1, 0.15) is 57.8 Å². The van der Waals surface area contributed by atoms with Crippen LogP contribution in [0, 0.1) is 32.0 Å². The van der Waals surface area contributed by atoms with Gasteiger partial charge in [-0.1, -0.05) is 294 Å². The number of thiocyanates is 1. The van der Waals surface area contributed by atoms with Crippen LogP contribution >= 0.6 is 55.6 Å². The molecule has 1 saturated heterocycles. The Kier molecular flexibility index (Phi) is 47.8. The van der Waals surface area contributed by atoms with E-state index in [0.29, 0.717) is 46.3 Å². The summed E-state index contributed by atoms with van der Waals surface area (Å²) in [7, 11) is -7.28. The van der Waals surface area contributed by atoms with Crippen molar-refractivity contribution in [2.45, 2.75) is 316 Å². The average molecular weight is 2260 g/mol.